The van der Waals surface area contributed by atoms with Crippen molar-refractivity contribution in [2.24, 2.45) is 0 Å². The van der Waals surface area contributed by atoms with E-state index >= 15 is 0 Å². The topological polar surface area (TPSA) is 29.1 Å². The van der Waals surface area contributed by atoms with Crippen molar-refractivity contribution in [1.29, 1.82) is 0 Å². The highest BCUT2D eigenvalue weighted by Crippen LogP contribution is 2.43. The van der Waals surface area contributed by atoms with Crippen LogP contribution < -0.4 is 5.32 Å². The van der Waals surface area contributed by atoms with E-state index in [-0.39, 0.29) is 5.78 Å². The summed E-state index contributed by atoms with van der Waals surface area (Å²) in [6, 6.07) is 16.1. The van der Waals surface area contributed by atoms with Crippen LogP contribution in [-0.4, -0.2) is 12.3 Å². The Hall–Kier alpha value is -2.00. The molecule has 0 atom stereocenters. The summed E-state index contributed by atoms with van der Waals surface area (Å²) in [5.41, 5.74) is 4.17. The number of benzene rings is 2. The van der Waals surface area contributed by atoms with E-state index in [1.165, 1.54) is 5.56 Å². The van der Waals surface area contributed by atoms with Gasteiger partial charge in [-0.05, 0) is 31.0 Å². The second-order valence-electron chi connectivity index (χ2n) is 5.17. The van der Waals surface area contributed by atoms with Gasteiger partial charge in [0.15, 0.2) is 0 Å². The van der Waals surface area contributed by atoms with Gasteiger partial charge in [-0.15, -0.1) is 0 Å². The van der Waals surface area contributed by atoms with Gasteiger partial charge in [-0.25, -0.2) is 0 Å². The quantitative estimate of drug-likeness (QED) is 0.842. The molecule has 1 aliphatic rings. The SMILES string of the molecule is CCN/C(=C1/Sc2ccccc2C1=O)c1ccccc1CC. The van der Waals surface area contributed by atoms with E-state index in [2.05, 4.69) is 37.4 Å². The number of carbonyl (C=O) groups is 1. The predicted molar refractivity (Wildman–Crippen MR) is 93.0 cm³/mol. The van der Waals surface area contributed by atoms with Gasteiger partial charge < -0.3 is 5.32 Å². The van der Waals surface area contributed by atoms with Gasteiger partial charge in [0.2, 0.25) is 5.78 Å². The smallest absolute Gasteiger partial charge is 0.202 e. The first-order valence-corrected chi connectivity index (χ1v) is 8.45. The highest BCUT2D eigenvalue weighted by atomic mass is 32.2. The number of hydrogen-bond acceptors (Lipinski definition) is 3. The van der Waals surface area contributed by atoms with Gasteiger partial charge in [-0.1, -0.05) is 55.1 Å². The van der Waals surface area contributed by atoms with E-state index in [4.69, 9.17) is 0 Å². The van der Waals surface area contributed by atoms with Crippen molar-refractivity contribution in [1.82, 2.24) is 5.32 Å². The number of fused-ring (bicyclic) bond motifs is 1. The molecule has 0 saturated carbocycles. The van der Waals surface area contributed by atoms with Crippen molar-refractivity contribution in [2.75, 3.05) is 6.54 Å². The molecule has 112 valence electrons. The lowest BCUT2D eigenvalue weighted by Gasteiger charge is -2.15. The Morgan fingerprint density at radius 1 is 1.05 bits per heavy atom. The molecule has 0 amide bonds. The van der Waals surface area contributed by atoms with Gasteiger partial charge in [0.05, 0.1) is 10.6 Å². The van der Waals surface area contributed by atoms with E-state index in [0.29, 0.717) is 0 Å². The lowest BCUT2D eigenvalue weighted by molar-refractivity contribution is 0.104. The number of allylic oxidation sites excluding steroid dienone is 1. The zero-order valence-electron chi connectivity index (χ0n) is 12.8. The van der Waals surface area contributed by atoms with E-state index in [9.17, 15) is 4.79 Å². The highest BCUT2D eigenvalue weighted by molar-refractivity contribution is 8.05. The number of nitrogens with one attached hydrogen (secondary N) is 1. The lowest BCUT2D eigenvalue weighted by atomic mass is 10.00. The summed E-state index contributed by atoms with van der Waals surface area (Å²) in [5, 5.41) is 3.42. The van der Waals surface area contributed by atoms with E-state index in [0.717, 1.165) is 39.6 Å². The maximum Gasteiger partial charge on any atom is 0.202 e. The zero-order valence-corrected chi connectivity index (χ0v) is 13.7. The zero-order chi connectivity index (χ0) is 15.5. The highest BCUT2D eigenvalue weighted by Gasteiger charge is 2.29. The van der Waals surface area contributed by atoms with Crippen molar-refractivity contribution in [3.8, 4) is 0 Å². The third-order valence-corrected chi connectivity index (χ3v) is 4.97. The first kappa shape index (κ1) is 14.9. The van der Waals surface area contributed by atoms with E-state index in [1.807, 2.05) is 30.3 Å². The fraction of sp³-hybridized carbons (Fsp3) is 0.211. The molecule has 22 heavy (non-hydrogen) atoms. The minimum atomic E-state index is 0.127. The predicted octanol–water partition coefficient (Wildman–Crippen LogP) is 4.52. The van der Waals surface area contributed by atoms with Crippen molar-refractivity contribution >= 4 is 23.2 Å². The number of rotatable bonds is 4. The summed E-state index contributed by atoms with van der Waals surface area (Å²) in [7, 11) is 0. The molecule has 0 saturated heterocycles. The molecule has 0 spiro atoms. The summed E-state index contributed by atoms with van der Waals surface area (Å²) >= 11 is 1.57. The Morgan fingerprint density at radius 2 is 1.77 bits per heavy atom. The van der Waals surface area contributed by atoms with Crippen LogP contribution in [0.5, 0.6) is 0 Å². The number of Topliss-reactive ketones (excluding diaryl/α,β-unsaturated/α-hetero) is 1. The molecule has 1 N–H and O–H groups in total. The molecule has 0 aromatic heterocycles. The maximum atomic E-state index is 12.8. The number of hydrogen-bond donors (Lipinski definition) is 1. The molecule has 2 aromatic rings. The Kier molecular flexibility index (Phi) is 4.34. The van der Waals surface area contributed by atoms with Crippen molar-refractivity contribution < 1.29 is 4.79 Å². The van der Waals surface area contributed by atoms with Gasteiger partial charge in [0.1, 0.15) is 0 Å². The van der Waals surface area contributed by atoms with Gasteiger partial charge >= 0.3 is 0 Å². The Bertz CT molecular complexity index is 749. The van der Waals surface area contributed by atoms with Crippen molar-refractivity contribution in [3.05, 3.63) is 70.1 Å². The lowest BCUT2D eigenvalue weighted by Crippen LogP contribution is -2.16. The van der Waals surface area contributed by atoms with Crippen LogP contribution in [0.3, 0.4) is 0 Å². The molecule has 3 heteroatoms. The number of aryl methyl sites for hydroxylation is 1. The molecule has 2 nitrogen and oxygen atoms in total. The van der Waals surface area contributed by atoms with Crippen LogP contribution in [0.2, 0.25) is 0 Å². The summed E-state index contributed by atoms with van der Waals surface area (Å²) in [6.07, 6.45) is 0.949. The third-order valence-electron chi connectivity index (χ3n) is 3.80. The first-order valence-electron chi connectivity index (χ1n) is 7.64. The maximum absolute atomic E-state index is 12.8. The molecule has 1 heterocycles. The first-order chi connectivity index (χ1) is 10.8. The number of ketones is 1. The van der Waals surface area contributed by atoms with Crippen molar-refractivity contribution in [2.45, 2.75) is 25.2 Å². The Balaban J connectivity index is 2.15. The Morgan fingerprint density at radius 3 is 2.50 bits per heavy atom. The minimum Gasteiger partial charge on any atom is -0.384 e. The molecule has 1 aliphatic heterocycles. The molecule has 0 unspecified atom stereocenters. The van der Waals surface area contributed by atoms with Gasteiger partial charge in [-0.2, -0.15) is 0 Å². The van der Waals surface area contributed by atoms with E-state index < -0.39 is 0 Å². The molecule has 3 rings (SSSR count). The van der Waals surface area contributed by atoms with Gasteiger partial charge in [0, 0.05) is 22.6 Å². The monoisotopic (exact) mass is 309 g/mol. The van der Waals surface area contributed by atoms with Crippen LogP contribution >= 0.6 is 11.8 Å². The molecule has 2 aromatic carbocycles. The molecule has 0 fully saturated rings. The summed E-state index contributed by atoms with van der Waals surface area (Å²) in [4.78, 5) is 14.6. The fourth-order valence-corrected chi connectivity index (χ4v) is 3.86. The molecular formula is C19H19NOS. The average Bonchev–Trinajstić information content (AvgIpc) is 2.90. The number of thioether (sulfide) groups is 1. The molecule has 0 aliphatic carbocycles. The molecule has 0 bridgehead atoms. The second kappa shape index (κ2) is 6.41. The van der Waals surface area contributed by atoms with Crippen LogP contribution in [0.25, 0.3) is 5.70 Å². The molecule has 0 radical (unpaired) electrons. The molecular weight excluding hydrogens is 290 g/mol. The largest absolute Gasteiger partial charge is 0.384 e. The van der Waals surface area contributed by atoms with E-state index in [1.54, 1.807) is 11.8 Å². The Labute approximate surface area is 135 Å². The van der Waals surface area contributed by atoms with Gasteiger partial charge in [-0.3, -0.25) is 4.79 Å². The van der Waals surface area contributed by atoms with Crippen LogP contribution in [-0.2, 0) is 6.42 Å². The summed E-state index contributed by atoms with van der Waals surface area (Å²) in [5.74, 6) is 0.127. The fourth-order valence-electron chi connectivity index (χ4n) is 2.73. The van der Waals surface area contributed by atoms with Crippen LogP contribution in [0.1, 0.15) is 35.3 Å². The van der Waals surface area contributed by atoms with Crippen LogP contribution in [0.15, 0.2) is 58.3 Å². The average molecular weight is 309 g/mol. The third kappa shape index (κ3) is 2.57. The number of carbonyl (C=O) groups excluding carboxylic acids is 1. The summed E-state index contributed by atoms with van der Waals surface area (Å²) < 4.78 is 0. The van der Waals surface area contributed by atoms with Crippen LogP contribution in [0, 0.1) is 0 Å². The summed E-state index contributed by atoms with van der Waals surface area (Å²) in [6.45, 7) is 5.00. The van der Waals surface area contributed by atoms with Crippen LogP contribution in [0.4, 0.5) is 0 Å². The van der Waals surface area contributed by atoms with Gasteiger partial charge in [0.25, 0.3) is 0 Å². The standard InChI is InChI=1S/C19H19NOS/c1-3-13-9-5-6-10-14(13)17(20-4-2)19-18(21)15-11-7-8-12-16(15)22-19/h5-12,20H,3-4H2,1-2H3/b19-17+. The second-order valence-corrected chi connectivity index (χ2v) is 6.22. The van der Waals surface area contributed by atoms with Crippen molar-refractivity contribution in [3.63, 3.8) is 0 Å². The normalized spacial score (nSPS) is 15.6. The minimum absolute atomic E-state index is 0.127.